The second kappa shape index (κ2) is 10.5. The Balaban J connectivity index is 1.72. The first-order valence-electron chi connectivity index (χ1n) is 9.50. The lowest BCUT2D eigenvalue weighted by atomic mass is 10.1. The lowest BCUT2D eigenvalue weighted by Gasteiger charge is -2.22. The Morgan fingerprint density at radius 3 is 2.24 bits per heavy atom. The van der Waals surface area contributed by atoms with E-state index in [2.05, 4.69) is 54.3 Å². The largest absolute Gasteiger partial charge is 0.481 e. The van der Waals surface area contributed by atoms with Crippen molar-refractivity contribution in [2.75, 3.05) is 6.54 Å². The summed E-state index contributed by atoms with van der Waals surface area (Å²) < 4.78 is 0. The molecule has 3 rings (SSSR count). The molecule has 0 saturated carbocycles. The van der Waals surface area contributed by atoms with Crippen molar-refractivity contribution in [3.8, 4) is 0 Å². The molecule has 0 aliphatic heterocycles. The molecule has 0 spiro atoms. The van der Waals surface area contributed by atoms with E-state index in [0.717, 1.165) is 21.4 Å². The summed E-state index contributed by atoms with van der Waals surface area (Å²) in [6, 6.07) is 24.6. The molecule has 0 amide bonds. The van der Waals surface area contributed by atoms with E-state index in [1.165, 1.54) is 16.7 Å². The lowest BCUT2D eigenvalue weighted by Crippen LogP contribution is -2.25. The quantitative estimate of drug-likeness (QED) is 0.438. The molecule has 3 aromatic carbocycles. The summed E-state index contributed by atoms with van der Waals surface area (Å²) in [5.74, 6) is -0.772. The van der Waals surface area contributed by atoms with E-state index in [9.17, 15) is 4.79 Å². The normalized spacial score (nSPS) is 11.0. The molecular weight excluding hydrogens is 402 g/mol. The molecule has 0 fully saturated rings. The van der Waals surface area contributed by atoms with Crippen molar-refractivity contribution in [3.63, 3.8) is 0 Å². The van der Waals surface area contributed by atoms with Gasteiger partial charge in [0.15, 0.2) is 0 Å². The van der Waals surface area contributed by atoms with Crippen LogP contribution in [-0.2, 0) is 17.9 Å². The SMILES string of the molecule is Cc1cccc(CN(CCC(=O)O)Cc2cccc(Sc3ccc(Cl)cc3)c2)c1. The van der Waals surface area contributed by atoms with Crippen LogP contribution >= 0.6 is 23.4 Å². The monoisotopic (exact) mass is 425 g/mol. The summed E-state index contributed by atoms with van der Waals surface area (Å²) in [6.45, 7) is 4.01. The third-order valence-electron chi connectivity index (χ3n) is 4.48. The molecule has 3 nitrogen and oxygen atoms in total. The van der Waals surface area contributed by atoms with Gasteiger partial charge in [-0.1, -0.05) is 65.3 Å². The first-order valence-corrected chi connectivity index (χ1v) is 10.7. The van der Waals surface area contributed by atoms with Gasteiger partial charge in [-0.05, 0) is 54.4 Å². The average Bonchev–Trinajstić information content (AvgIpc) is 2.68. The highest BCUT2D eigenvalue weighted by Crippen LogP contribution is 2.29. The number of rotatable bonds is 9. The maximum Gasteiger partial charge on any atom is 0.304 e. The molecule has 0 bridgehead atoms. The highest BCUT2D eigenvalue weighted by molar-refractivity contribution is 7.99. The van der Waals surface area contributed by atoms with Crippen molar-refractivity contribution in [1.82, 2.24) is 4.90 Å². The van der Waals surface area contributed by atoms with Crippen molar-refractivity contribution in [3.05, 3.63) is 94.5 Å². The van der Waals surface area contributed by atoms with Gasteiger partial charge in [0.05, 0.1) is 6.42 Å². The molecule has 3 aromatic rings. The van der Waals surface area contributed by atoms with E-state index in [-0.39, 0.29) is 6.42 Å². The number of carbonyl (C=O) groups is 1. The van der Waals surface area contributed by atoms with Gasteiger partial charge >= 0.3 is 5.97 Å². The number of aliphatic carboxylic acids is 1. The number of hydrogen-bond donors (Lipinski definition) is 1. The number of aryl methyl sites for hydroxylation is 1. The van der Waals surface area contributed by atoms with Crippen LogP contribution in [0.1, 0.15) is 23.1 Å². The van der Waals surface area contributed by atoms with Crippen molar-refractivity contribution in [2.45, 2.75) is 36.2 Å². The van der Waals surface area contributed by atoms with Gasteiger partial charge in [-0.2, -0.15) is 0 Å². The second-order valence-electron chi connectivity index (χ2n) is 7.05. The molecule has 0 atom stereocenters. The van der Waals surface area contributed by atoms with Gasteiger partial charge in [-0.3, -0.25) is 9.69 Å². The van der Waals surface area contributed by atoms with Crippen LogP contribution in [0.4, 0.5) is 0 Å². The lowest BCUT2D eigenvalue weighted by molar-refractivity contribution is -0.137. The number of hydrogen-bond acceptors (Lipinski definition) is 3. The molecule has 1 N–H and O–H groups in total. The predicted molar refractivity (Wildman–Crippen MR) is 120 cm³/mol. The van der Waals surface area contributed by atoms with Crippen LogP contribution in [0.5, 0.6) is 0 Å². The third-order valence-corrected chi connectivity index (χ3v) is 5.73. The van der Waals surface area contributed by atoms with Gasteiger partial charge in [-0.25, -0.2) is 0 Å². The van der Waals surface area contributed by atoms with Gasteiger partial charge in [0.1, 0.15) is 0 Å². The van der Waals surface area contributed by atoms with Crippen molar-refractivity contribution >= 4 is 29.3 Å². The van der Waals surface area contributed by atoms with Gasteiger partial charge < -0.3 is 5.11 Å². The zero-order valence-corrected chi connectivity index (χ0v) is 17.9. The first kappa shape index (κ1) is 21.4. The molecule has 0 saturated heterocycles. The molecule has 150 valence electrons. The Hall–Kier alpha value is -2.27. The number of nitrogens with zero attached hydrogens (tertiary/aromatic N) is 1. The summed E-state index contributed by atoms with van der Waals surface area (Å²) in [5.41, 5.74) is 3.58. The molecule has 0 radical (unpaired) electrons. The van der Waals surface area contributed by atoms with Crippen molar-refractivity contribution < 1.29 is 9.90 Å². The number of benzene rings is 3. The average molecular weight is 426 g/mol. The van der Waals surface area contributed by atoms with Gasteiger partial charge in [0.2, 0.25) is 0 Å². The van der Waals surface area contributed by atoms with Gasteiger partial charge in [-0.15, -0.1) is 0 Å². The van der Waals surface area contributed by atoms with Crippen molar-refractivity contribution in [1.29, 1.82) is 0 Å². The fourth-order valence-electron chi connectivity index (χ4n) is 3.14. The van der Waals surface area contributed by atoms with Crippen LogP contribution in [-0.4, -0.2) is 22.5 Å². The predicted octanol–water partition coefficient (Wildman–Crippen LogP) is 6.28. The Kier molecular flexibility index (Phi) is 7.76. The van der Waals surface area contributed by atoms with Gasteiger partial charge in [0.25, 0.3) is 0 Å². The van der Waals surface area contributed by atoms with Crippen LogP contribution in [0.25, 0.3) is 0 Å². The van der Waals surface area contributed by atoms with Crippen LogP contribution in [0, 0.1) is 6.92 Å². The van der Waals surface area contributed by atoms with Crippen LogP contribution in [0.3, 0.4) is 0 Å². The van der Waals surface area contributed by atoms with E-state index < -0.39 is 5.97 Å². The molecule has 0 unspecified atom stereocenters. The molecule has 29 heavy (non-hydrogen) atoms. The topological polar surface area (TPSA) is 40.5 Å². The summed E-state index contributed by atoms with van der Waals surface area (Å²) in [5, 5.41) is 9.86. The maximum atomic E-state index is 11.1. The second-order valence-corrected chi connectivity index (χ2v) is 8.63. The Bertz CT molecular complexity index is 959. The Labute approximate surface area is 181 Å². The van der Waals surface area contributed by atoms with Crippen LogP contribution < -0.4 is 0 Å². The molecule has 0 heterocycles. The minimum Gasteiger partial charge on any atom is -0.481 e. The molecule has 5 heteroatoms. The molecule has 0 aliphatic rings. The van der Waals surface area contributed by atoms with Gasteiger partial charge in [0, 0.05) is 34.4 Å². The standard InChI is InChI=1S/C24H24ClNO2S/c1-18-4-2-5-19(14-18)16-26(13-12-24(27)28)17-20-6-3-7-23(15-20)29-22-10-8-21(25)9-11-22/h2-11,14-15H,12-13,16-17H2,1H3,(H,27,28). The zero-order valence-electron chi connectivity index (χ0n) is 16.3. The fraction of sp³-hybridized carbons (Fsp3) is 0.208. The summed E-state index contributed by atoms with van der Waals surface area (Å²) in [4.78, 5) is 15.6. The van der Waals surface area contributed by atoms with E-state index in [0.29, 0.717) is 13.1 Å². The zero-order chi connectivity index (χ0) is 20.6. The van der Waals surface area contributed by atoms with E-state index in [1.807, 2.05) is 30.3 Å². The summed E-state index contributed by atoms with van der Waals surface area (Å²) in [7, 11) is 0. The summed E-state index contributed by atoms with van der Waals surface area (Å²) >= 11 is 7.66. The number of carboxylic acids is 1. The first-order chi connectivity index (χ1) is 14.0. The Morgan fingerprint density at radius 2 is 1.59 bits per heavy atom. The highest BCUT2D eigenvalue weighted by atomic mass is 35.5. The number of carboxylic acid groups (broad SMARTS) is 1. The van der Waals surface area contributed by atoms with E-state index in [1.54, 1.807) is 11.8 Å². The summed E-state index contributed by atoms with van der Waals surface area (Å²) in [6.07, 6.45) is 0.130. The van der Waals surface area contributed by atoms with E-state index >= 15 is 0 Å². The number of halogens is 1. The maximum absolute atomic E-state index is 11.1. The van der Waals surface area contributed by atoms with Crippen molar-refractivity contribution in [2.24, 2.45) is 0 Å². The third kappa shape index (κ3) is 7.24. The highest BCUT2D eigenvalue weighted by Gasteiger charge is 2.10. The van der Waals surface area contributed by atoms with Crippen LogP contribution in [0.15, 0.2) is 82.6 Å². The smallest absolute Gasteiger partial charge is 0.304 e. The molecular formula is C24H24ClNO2S. The minimum atomic E-state index is -0.772. The Morgan fingerprint density at radius 1 is 0.931 bits per heavy atom. The van der Waals surface area contributed by atoms with E-state index in [4.69, 9.17) is 16.7 Å². The molecule has 0 aromatic heterocycles. The fourth-order valence-corrected chi connectivity index (χ4v) is 4.17. The molecule has 0 aliphatic carbocycles. The van der Waals surface area contributed by atoms with Crippen LogP contribution in [0.2, 0.25) is 5.02 Å². The minimum absolute atomic E-state index is 0.130.